The molecule has 3 rings (SSSR count). The molecule has 1 heterocycles. The van der Waals surface area contributed by atoms with Crippen LogP contribution in [-0.2, 0) is 4.74 Å². The predicted molar refractivity (Wildman–Crippen MR) is 47.0 cm³/mol. The first-order valence-corrected chi connectivity index (χ1v) is 5.25. The molecule has 2 atom stereocenters. The van der Waals surface area contributed by atoms with Crippen LogP contribution in [0, 0.1) is 11.8 Å². The standard InChI is InChI=1S/C10H17NO/c1-2-9(1)11-10-3-7-5-12-6-8(7)4-10/h7-11H,1-6H2/t7-,8-/m0/s1. The van der Waals surface area contributed by atoms with E-state index in [9.17, 15) is 0 Å². The largest absolute Gasteiger partial charge is 0.381 e. The Labute approximate surface area is 73.7 Å². The van der Waals surface area contributed by atoms with Crippen LogP contribution in [0.25, 0.3) is 0 Å². The number of hydrogen-bond acceptors (Lipinski definition) is 2. The number of rotatable bonds is 2. The minimum Gasteiger partial charge on any atom is -0.381 e. The fourth-order valence-electron chi connectivity index (χ4n) is 2.71. The molecule has 3 fully saturated rings. The van der Waals surface area contributed by atoms with Gasteiger partial charge in [-0.25, -0.2) is 0 Å². The molecule has 1 N–H and O–H groups in total. The normalized spacial score (nSPS) is 42.0. The van der Waals surface area contributed by atoms with Crippen LogP contribution in [-0.4, -0.2) is 25.3 Å². The van der Waals surface area contributed by atoms with Crippen molar-refractivity contribution < 1.29 is 4.74 Å². The highest BCUT2D eigenvalue weighted by Crippen LogP contribution is 2.37. The Kier molecular flexibility index (Phi) is 1.66. The zero-order valence-corrected chi connectivity index (χ0v) is 7.46. The van der Waals surface area contributed by atoms with Crippen molar-refractivity contribution in [1.29, 1.82) is 0 Å². The summed E-state index contributed by atoms with van der Waals surface area (Å²) < 4.78 is 5.45. The quantitative estimate of drug-likeness (QED) is 0.666. The summed E-state index contributed by atoms with van der Waals surface area (Å²) in [4.78, 5) is 0. The van der Waals surface area contributed by atoms with E-state index in [1.807, 2.05) is 0 Å². The van der Waals surface area contributed by atoms with Gasteiger partial charge < -0.3 is 10.1 Å². The highest BCUT2D eigenvalue weighted by atomic mass is 16.5. The molecule has 0 unspecified atom stereocenters. The van der Waals surface area contributed by atoms with Gasteiger partial charge in [0.1, 0.15) is 0 Å². The molecule has 2 saturated carbocycles. The lowest BCUT2D eigenvalue weighted by Gasteiger charge is -2.12. The van der Waals surface area contributed by atoms with Gasteiger partial charge in [-0.1, -0.05) is 0 Å². The third-order valence-electron chi connectivity index (χ3n) is 3.55. The maximum Gasteiger partial charge on any atom is 0.0498 e. The maximum absolute atomic E-state index is 5.45. The van der Waals surface area contributed by atoms with Gasteiger partial charge in [0.2, 0.25) is 0 Å². The van der Waals surface area contributed by atoms with Crippen LogP contribution in [0.2, 0.25) is 0 Å². The van der Waals surface area contributed by atoms with Gasteiger partial charge in [-0.05, 0) is 37.5 Å². The van der Waals surface area contributed by atoms with Gasteiger partial charge >= 0.3 is 0 Å². The van der Waals surface area contributed by atoms with Crippen molar-refractivity contribution in [1.82, 2.24) is 5.32 Å². The van der Waals surface area contributed by atoms with Crippen molar-refractivity contribution in [3.8, 4) is 0 Å². The average molecular weight is 167 g/mol. The van der Waals surface area contributed by atoms with E-state index in [2.05, 4.69) is 5.32 Å². The maximum atomic E-state index is 5.45. The SMILES string of the molecule is C1CC1NC1C[C@H]2COC[C@@H]2C1. The summed E-state index contributed by atoms with van der Waals surface area (Å²) >= 11 is 0. The molecule has 12 heavy (non-hydrogen) atoms. The molecule has 68 valence electrons. The summed E-state index contributed by atoms with van der Waals surface area (Å²) in [5, 5.41) is 3.73. The van der Waals surface area contributed by atoms with Crippen LogP contribution in [0.3, 0.4) is 0 Å². The molecular weight excluding hydrogens is 150 g/mol. The van der Waals surface area contributed by atoms with Crippen molar-refractivity contribution in [3.05, 3.63) is 0 Å². The first kappa shape index (κ1) is 7.34. The fraction of sp³-hybridized carbons (Fsp3) is 1.00. The van der Waals surface area contributed by atoms with E-state index in [0.717, 1.165) is 37.1 Å². The average Bonchev–Trinajstić information content (AvgIpc) is 2.56. The van der Waals surface area contributed by atoms with E-state index in [-0.39, 0.29) is 0 Å². The van der Waals surface area contributed by atoms with Gasteiger partial charge in [0.15, 0.2) is 0 Å². The lowest BCUT2D eigenvalue weighted by molar-refractivity contribution is 0.169. The van der Waals surface area contributed by atoms with Crippen LogP contribution in [0.15, 0.2) is 0 Å². The molecule has 0 aromatic rings. The van der Waals surface area contributed by atoms with Gasteiger partial charge in [-0.15, -0.1) is 0 Å². The van der Waals surface area contributed by atoms with Gasteiger partial charge in [-0.2, -0.15) is 0 Å². The third kappa shape index (κ3) is 1.27. The lowest BCUT2D eigenvalue weighted by atomic mass is 10.0. The van der Waals surface area contributed by atoms with Crippen molar-refractivity contribution in [2.45, 2.75) is 37.8 Å². The summed E-state index contributed by atoms with van der Waals surface area (Å²) in [6.07, 6.45) is 5.59. The van der Waals surface area contributed by atoms with E-state index in [0.29, 0.717) is 0 Å². The number of fused-ring (bicyclic) bond motifs is 1. The fourth-order valence-corrected chi connectivity index (χ4v) is 2.71. The molecule has 2 aliphatic carbocycles. The van der Waals surface area contributed by atoms with Gasteiger partial charge in [0.05, 0.1) is 0 Å². The Morgan fingerprint density at radius 2 is 1.58 bits per heavy atom. The van der Waals surface area contributed by atoms with E-state index in [4.69, 9.17) is 4.74 Å². The van der Waals surface area contributed by atoms with Crippen LogP contribution in [0.5, 0.6) is 0 Å². The Bertz CT molecular complexity index is 167. The highest BCUT2D eigenvalue weighted by Gasteiger charge is 2.39. The predicted octanol–water partition coefficient (Wildman–Crippen LogP) is 1.16. The van der Waals surface area contributed by atoms with Crippen molar-refractivity contribution >= 4 is 0 Å². The minimum absolute atomic E-state index is 0.830. The Hall–Kier alpha value is -0.0800. The molecule has 3 aliphatic rings. The topological polar surface area (TPSA) is 21.3 Å². The summed E-state index contributed by atoms with van der Waals surface area (Å²) in [5.41, 5.74) is 0. The van der Waals surface area contributed by atoms with Crippen LogP contribution >= 0.6 is 0 Å². The summed E-state index contributed by atoms with van der Waals surface area (Å²) in [6, 6.07) is 1.71. The zero-order chi connectivity index (χ0) is 7.97. The van der Waals surface area contributed by atoms with Crippen LogP contribution in [0.1, 0.15) is 25.7 Å². The number of hydrogen-bond donors (Lipinski definition) is 1. The monoisotopic (exact) mass is 167 g/mol. The van der Waals surface area contributed by atoms with Crippen LogP contribution < -0.4 is 5.32 Å². The summed E-state index contributed by atoms with van der Waals surface area (Å²) in [5.74, 6) is 1.78. The second-order valence-corrected chi connectivity index (χ2v) is 4.67. The first-order chi connectivity index (χ1) is 5.92. The van der Waals surface area contributed by atoms with Crippen LogP contribution in [0.4, 0.5) is 0 Å². The number of ether oxygens (including phenoxy) is 1. The van der Waals surface area contributed by atoms with E-state index in [1.165, 1.54) is 25.7 Å². The van der Waals surface area contributed by atoms with Gasteiger partial charge in [-0.3, -0.25) is 0 Å². The third-order valence-corrected chi connectivity index (χ3v) is 3.55. The Balaban J connectivity index is 1.56. The molecule has 0 aromatic heterocycles. The molecule has 2 nitrogen and oxygen atoms in total. The summed E-state index contributed by atoms with van der Waals surface area (Å²) in [7, 11) is 0. The summed E-state index contributed by atoms with van der Waals surface area (Å²) in [6.45, 7) is 2.07. The van der Waals surface area contributed by atoms with Gasteiger partial charge in [0, 0.05) is 25.3 Å². The zero-order valence-electron chi connectivity index (χ0n) is 7.46. The molecule has 0 aromatic carbocycles. The molecule has 0 radical (unpaired) electrons. The molecule has 1 saturated heterocycles. The molecule has 0 bridgehead atoms. The molecule has 1 aliphatic heterocycles. The van der Waals surface area contributed by atoms with Crippen molar-refractivity contribution in [3.63, 3.8) is 0 Å². The minimum atomic E-state index is 0.830. The van der Waals surface area contributed by atoms with E-state index < -0.39 is 0 Å². The highest BCUT2D eigenvalue weighted by molar-refractivity contribution is 4.94. The first-order valence-electron chi connectivity index (χ1n) is 5.25. The lowest BCUT2D eigenvalue weighted by Crippen LogP contribution is -2.29. The van der Waals surface area contributed by atoms with Crippen molar-refractivity contribution in [2.75, 3.05) is 13.2 Å². The second-order valence-electron chi connectivity index (χ2n) is 4.67. The smallest absolute Gasteiger partial charge is 0.0498 e. The van der Waals surface area contributed by atoms with E-state index >= 15 is 0 Å². The molecule has 0 amide bonds. The Morgan fingerprint density at radius 1 is 0.917 bits per heavy atom. The second kappa shape index (κ2) is 2.71. The molecule has 2 heteroatoms. The van der Waals surface area contributed by atoms with Gasteiger partial charge in [0.25, 0.3) is 0 Å². The Morgan fingerprint density at radius 3 is 2.17 bits per heavy atom. The number of nitrogens with one attached hydrogen (secondary N) is 1. The molecular formula is C10H17NO. The molecule has 0 spiro atoms. The van der Waals surface area contributed by atoms with Crippen molar-refractivity contribution in [2.24, 2.45) is 11.8 Å². The van der Waals surface area contributed by atoms with E-state index in [1.54, 1.807) is 0 Å².